The summed E-state index contributed by atoms with van der Waals surface area (Å²) in [5.41, 5.74) is 7.67. The standard InChI is InChI=1S/C15H14ClFN2O/c16-11-7-12(17)9-14(8-11)19-15(20)5-4-10-2-1-3-13(18)6-10/h1-3,6-9H,4-5,18H2,(H,19,20). The lowest BCUT2D eigenvalue weighted by molar-refractivity contribution is -0.116. The fraction of sp³-hybridized carbons (Fsp3) is 0.133. The van der Waals surface area contributed by atoms with Crippen LogP contribution in [0.4, 0.5) is 15.8 Å². The van der Waals surface area contributed by atoms with Crippen molar-refractivity contribution in [3.63, 3.8) is 0 Å². The van der Waals surface area contributed by atoms with E-state index in [1.54, 1.807) is 6.07 Å². The molecule has 2 aromatic carbocycles. The number of carbonyl (C=O) groups is 1. The van der Waals surface area contributed by atoms with Crippen molar-refractivity contribution in [3.8, 4) is 0 Å². The number of halogens is 2. The molecule has 1 amide bonds. The van der Waals surface area contributed by atoms with Crippen LogP contribution in [0.2, 0.25) is 5.02 Å². The van der Waals surface area contributed by atoms with Crippen molar-refractivity contribution in [1.82, 2.24) is 0 Å². The molecule has 3 N–H and O–H groups in total. The van der Waals surface area contributed by atoms with Gasteiger partial charge < -0.3 is 11.1 Å². The Balaban J connectivity index is 1.92. The van der Waals surface area contributed by atoms with Gasteiger partial charge in [-0.05, 0) is 42.3 Å². The number of rotatable bonds is 4. The molecule has 0 aliphatic rings. The van der Waals surface area contributed by atoms with E-state index in [2.05, 4.69) is 5.32 Å². The molecule has 0 bridgehead atoms. The molecular formula is C15H14ClFN2O. The van der Waals surface area contributed by atoms with E-state index in [1.807, 2.05) is 18.2 Å². The third-order valence-corrected chi connectivity index (χ3v) is 2.96. The highest BCUT2D eigenvalue weighted by Gasteiger charge is 2.05. The van der Waals surface area contributed by atoms with Crippen molar-refractivity contribution in [3.05, 3.63) is 58.9 Å². The highest BCUT2D eigenvalue weighted by Crippen LogP contribution is 2.18. The second kappa shape index (κ2) is 6.39. The average molecular weight is 293 g/mol. The van der Waals surface area contributed by atoms with Crippen LogP contribution >= 0.6 is 11.6 Å². The third kappa shape index (κ3) is 4.24. The summed E-state index contributed by atoms with van der Waals surface area (Å²) < 4.78 is 13.1. The maximum absolute atomic E-state index is 13.1. The maximum atomic E-state index is 13.1. The number of amides is 1. The average Bonchev–Trinajstić information content (AvgIpc) is 2.35. The summed E-state index contributed by atoms with van der Waals surface area (Å²) in [6, 6.07) is 11.3. The Hall–Kier alpha value is -2.07. The van der Waals surface area contributed by atoms with Crippen LogP contribution < -0.4 is 11.1 Å². The van der Waals surface area contributed by atoms with Crippen LogP contribution in [0.3, 0.4) is 0 Å². The monoisotopic (exact) mass is 292 g/mol. The molecule has 0 spiro atoms. The van der Waals surface area contributed by atoms with Gasteiger partial charge in [0.15, 0.2) is 0 Å². The molecule has 0 fully saturated rings. The van der Waals surface area contributed by atoms with E-state index < -0.39 is 5.82 Å². The van der Waals surface area contributed by atoms with E-state index in [9.17, 15) is 9.18 Å². The minimum absolute atomic E-state index is 0.200. The molecule has 0 aliphatic carbocycles. The second-order valence-corrected chi connectivity index (χ2v) is 4.89. The SMILES string of the molecule is Nc1cccc(CCC(=O)Nc2cc(F)cc(Cl)c2)c1. The first kappa shape index (κ1) is 14.3. The van der Waals surface area contributed by atoms with E-state index in [-0.39, 0.29) is 17.4 Å². The van der Waals surface area contributed by atoms with Gasteiger partial charge in [-0.3, -0.25) is 4.79 Å². The molecule has 0 aromatic heterocycles. The zero-order valence-corrected chi connectivity index (χ0v) is 11.5. The van der Waals surface area contributed by atoms with E-state index in [0.717, 1.165) is 5.56 Å². The Kier molecular flexibility index (Phi) is 4.58. The van der Waals surface area contributed by atoms with Gasteiger partial charge in [-0.15, -0.1) is 0 Å². The van der Waals surface area contributed by atoms with Gasteiger partial charge >= 0.3 is 0 Å². The number of hydrogen-bond acceptors (Lipinski definition) is 2. The molecule has 0 heterocycles. The van der Waals surface area contributed by atoms with Crippen molar-refractivity contribution in [2.24, 2.45) is 0 Å². The lowest BCUT2D eigenvalue weighted by Crippen LogP contribution is -2.12. The summed E-state index contributed by atoms with van der Waals surface area (Å²) in [6.45, 7) is 0. The molecule has 2 aromatic rings. The largest absolute Gasteiger partial charge is 0.399 e. The van der Waals surface area contributed by atoms with E-state index in [1.165, 1.54) is 18.2 Å². The summed E-state index contributed by atoms with van der Waals surface area (Å²) in [6.07, 6.45) is 0.859. The predicted octanol–water partition coefficient (Wildman–Crippen LogP) is 3.63. The number of benzene rings is 2. The summed E-state index contributed by atoms with van der Waals surface area (Å²) >= 11 is 5.72. The first-order valence-electron chi connectivity index (χ1n) is 6.13. The smallest absolute Gasteiger partial charge is 0.224 e. The van der Waals surface area contributed by atoms with Crippen LogP contribution in [0.15, 0.2) is 42.5 Å². The Morgan fingerprint density at radius 2 is 2.05 bits per heavy atom. The minimum Gasteiger partial charge on any atom is -0.399 e. The molecule has 0 atom stereocenters. The molecule has 2 rings (SSSR count). The van der Waals surface area contributed by atoms with Gasteiger partial charge in [0, 0.05) is 22.8 Å². The van der Waals surface area contributed by atoms with Gasteiger partial charge in [0.1, 0.15) is 5.82 Å². The predicted molar refractivity (Wildman–Crippen MR) is 79.2 cm³/mol. The molecular weight excluding hydrogens is 279 g/mol. The summed E-state index contributed by atoms with van der Waals surface area (Å²) in [5, 5.41) is 2.86. The normalized spacial score (nSPS) is 10.3. The van der Waals surface area contributed by atoms with Crippen LogP contribution in [0.5, 0.6) is 0 Å². The number of aryl methyl sites for hydroxylation is 1. The number of carbonyl (C=O) groups excluding carboxylic acids is 1. The van der Waals surface area contributed by atoms with Gasteiger partial charge in [0.2, 0.25) is 5.91 Å². The molecule has 20 heavy (non-hydrogen) atoms. The van der Waals surface area contributed by atoms with Gasteiger partial charge in [-0.2, -0.15) is 0 Å². The quantitative estimate of drug-likeness (QED) is 0.846. The van der Waals surface area contributed by atoms with Crippen LogP contribution in [-0.2, 0) is 11.2 Å². The first-order valence-corrected chi connectivity index (χ1v) is 6.51. The number of nitrogen functional groups attached to an aromatic ring is 1. The highest BCUT2D eigenvalue weighted by atomic mass is 35.5. The van der Waals surface area contributed by atoms with E-state index >= 15 is 0 Å². The summed E-state index contributed by atoms with van der Waals surface area (Å²) in [4.78, 5) is 11.8. The van der Waals surface area contributed by atoms with Gasteiger partial charge in [0.25, 0.3) is 0 Å². The zero-order valence-electron chi connectivity index (χ0n) is 10.7. The van der Waals surface area contributed by atoms with Crippen LogP contribution in [0.1, 0.15) is 12.0 Å². The number of nitrogens with two attached hydrogens (primary N) is 1. The molecule has 0 saturated carbocycles. The van der Waals surface area contributed by atoms with Gasteiger partial charge in [-0.1, -0.05) is 23.7 Å². The maximum Gasteiger partial charge on any atom is 0.224 e. The van der Waals surface area contributed by atoms with Crippen molar-refractivity contribution >= 4 is 28.9 Å². The Morgan fingerprint density at radius 1 is 1.25 bits per heavy atom. The number of hydrogen-bond donors (Lipinski definition) is 2. The molecule has 104 valence electrons. The first-order chi connectivity index (χ1) is 9.52. The molecule has 0 aliphatic heterocycles. The lowest BCUT2D eigenvalue weighted by Gasteiger charge is -2.06. The molecule has 0 saturated heterocycles. The topological polar surface area (TPSA) is 55.1 Å². The molecule has 0 radical (unpaired) electrons. The third-order valence-electron chi connectivity index (χ3n) is 2.74. The van der Waals surface area contributed by atoms with Crippen molar-refractivity contribution in [1.29, 1.82) is 0 Å². The van der Waals surface area contributed by atoms with Crippen molar-refractivity contribution < 1.29 is 9.18 Å². The highest BCUT2D eigenvalue weighted by molar-refractivity contribution is 6.30. The van der Waals surface area contributed by atoms with Crippen LogP contribution in [0, 0.1) is 5.82 Å². The number of anilines is 2. The summed E-state index contributed by atoms with van der Waals surface area (Å²) in [5.74, 6) is -0.683. The summed E-state index contributed by atoms with van der Waals surface area (Å²) in [7, 11) is 0. The fourth-order valence-electron chi connectivity index (χ4n) is 1.86. The number of nitrogens with one attached hydrogen (secondary N) is 1. The molecule has 0 unspecified atom stereocenters. The Morgan fingerprint density at radius 3 is 2.75 bits per heavy atom. The molecule has 3 nitrogen and oxygen atoms in total. The lowest BCUT2D eigenvalue weighted by atomic mass is 10.1. The van der Waals surface area contributed by atoms with Gasteiger partial charge in [-0.25, -0.2) is 4.39 Å². The fourth-order valence-corrected chi connectivity index (χ4v) is 2.08. The van der Waals surface area contributed by atoms with Gasteiger partial charge in [0.05, 0.1) is 0 Å². The van der Waals surface area contributed by atoms with E-state index in [0.29, 0.717) is 17.8 Å². The Bertz CT molecular complexity index is 611. The minimum atomic E-state index is -0.483. The second-order valence-electron chi connectivity index (χ2n) is 4.45. The van der Waals surface area contributed by atoms with Crippen LogP contribution in [-0.4, -0.2) is 5.91 Å². The van der Waals surface area contributed by atoms with Crippen LogP contribution in [0.25, 0.3) is 0 Å². The molecule has 5 heteroatoms. The Labute approximate surface area is 121 Å². The van der Waals surface area contributed by atoms with E-state index in [4.69, 9.17) is 17.3 Å². The zero-order chi connectivity index (χ0) is 14.5. The van der Waals surface area contributed by atoms with Crippen molar-refractivity contribution in [2.45, 2.75) is 12.8 Å². The van der Waals surface area contributed by atoms with Crippen molar-refractivity contribution in [2.75, 3.05) is 11.1 Å².